The summed E-state index contributed by atoms with van der Waals surface area (Å²) >= 11 is 0. The number of aromatic nitrogens is 5. The smallest absolute Gasteiger partial charge is 0.165 e. The van der Waals surface area contributed by atoms with Gasteiger partial charge in [0.2, 0.25) is 0 Å². The normalized spacial score (nSPS) is 12.2. The van der Waals surface area contributed by atoms with Crippen LogP contribution < -0.4 is 0 Å². The Bertz CT molecular complexity index is 2950. The molecule has 48 heavy (non-hydrogen) atoms. The zero-order chi connectivity index (χ0) is 31.3. The lowest BCUT2D eigenvalue weighted by Crippen LogP contribution is -2.02. The molecular weight excluding hydrogens is 587 g/mol. The van der Waals surface area contributed by atoms with Gasteiger partial charge in [0.1, 0.15) is 5.69 Å². The van der Waals surface area contributed by atoms with E-state index in [0.717, 1.165) is 55.9 Å². The summed E-state index contributed by atoms with van der Waals surface area (Å²) in [6, 6.07) is 49.8. The SMILES string of the molecule is c1cncc(-n2c3ccccc3c3cc(-c4cc5c6c(c4)c4ccccc4n6-c4nc6ccccc6nc4-c4ccccc4-5)ccc32)c1. The Balaban J connectivity index is 1.24. The first-order chi connectivity index (χ1) is 23.8. The third-order valence-corrected chi connectivity index (χ3v) is 9.91. The number of para-hydroxylation sites is 4. The minimum atomic E-state index is 0.864. The van der Waals surface area contributed by atoms with Crippen LogP contribution in [0.1, 0.15) is 0 Å². The van der Waals surface area contributed by atoms with Crippen LogP contribution in [0.25, 0.3) is 99.7 Å². The molecule has 0 N–H and O–H groups in total. The molecule has 0 aliphatic carbocycles. The monoisotopic (exact) mass is 611 g/mol. The van der Waals surface area contributed by atoms with Crippen molar-refractivity contribution in [3.05, 3.63) is 152 Å². The summed E-state index contributed by atoms with van der Waals surface area (Å²) in [7, 11) is 0. The van der Waals surface area contributed by atoms with Crippen LogP contribution in [-0.2, 0) is 0 Å². The highest BCUT2D eigenvalue weighted by molar-refractivity contribution is 6.18. The predicted molar refractivity (Wildman–Crippen MR) is 196 cm³/mol. The topological polar surface area (TPSA) is 48.5 Å². The summed E-state index contributed by atoms with van der Waals surface area (Å²) in [5.74, 6) is 0.864. The summed E-state index contributed by atoms with van der Waals surface area (Å²) in [5, 5.41) is 4.84. The Kier molecular flexibility index (Phi) is 5.05. The van der Waals surface area contributed by atoms with Crippen molar-refractivity contribution < 1.29 is 0 Å². The second-order valence-corrected chi connectivity index (χ2v) is 12.5. The van der Waals surface area contributed by atoms with Crippen LogP contribution >= 0.6 is 0 Å². The van der Waals surface area contributed by atoms with E-state index < -0.39 is 0 Å². The van der Waals surface area contributed by atoms with Gasteiger partial charge >= 0.3 is 0 Å². The zero-order valence-corrected chi connectivity index (χ0v) is 25.7. The summed E-state index contributed by atoms with van der Waals surface area (Å²) in [4.78, 5) is 15.0. The Hall–Kier alpha value is -6.59. The summed E-state index contributed by atoms with van der Waals surface area (Å²) in [6.45, 7) is 0. The van der Waals surface area contributed by atoms with Crippen LogP contribution in [0.4, 0.5) is 0 Å². The average Bonchev–Trinajstić information content (AvgIpc) is 3.63. The second kappa shape index (κ2) is 9.47. The molecule has 5 nitrogen and oxygen atoms in total. The van der Waals surface area contributed by atoms with Gasteiger partial charge in [-0.1, -0.05) is 78.9 Å². The van der Waals surface area contributed by atoms with E-state index in [1.807, 2.05) is 42.7 Å². The lowest BCUT2D eigenvalue weighted by atomic mass is 9.92. The molecule has 6 aromatic carbocycles. The van der Waals surface area contributed by atoms with E-state index >= 15 is 0 Å². The van der Waals surface area contributed by atoms with Crippen molar-refractivity contribution in [2.24, 2.45) is 0 Å². The van der Waals surface area contributed by atoms with Crippen molar-refractivity contribution in [1.82, 2.24) is 24.1 Å². The van der Waals surface area contributed by atoms with Crippen molar-refractivity contribution >= 4 is 54.6 Å². The molecule has 0 fully saturated rings. The Morgan fingerprint density at radius 3 is 1.92 bits per heavy atom. The first-order valence-corrected chi connectivity index (χ1v) is 16.2. The molecule has 0 saturated heterocycles. The molecule has 1 aliphatic rings. The molecule has 1 aliphatic heterocycles. The molecule has 0 radical (unpaired) electrons. The van der Waals surface area contributed by atoms with Crippen LogP contribution in [0.5, 0.6) is 0 Å². The second-order valence-electron chi connectivity index (χ2n) is 12.5. The van der Waals surface area contributed by atoms with Crippen LogP contribution in [0.3, 0.4) is 0 Å². The number of hydrogen-bond donors (Lipinski definition) is 0. The van der Waals surface area contributed by atoms with E-state index in [2.05, 4.69) is 123 Å². The van der Waals surface area contributed by atoms with Crippen LogP contribution in [-0.4, -0.2) is 24.1 Å². The highest BCUT2D eigenvalue weighted by Gasteiger charge is 2.27. The minimum absolute atomic E-state index is 0.864. The first kappa shape index (κ1) is 25.6. The van der Waals surface area contributed by atoms with Gasteiger partial charge in [-0.3, -0.25) is 9.55 Å². The number of hydrogen-bond acceptors (Lipinski definition) is 3. The Labute approximate surface area is 275 Å². The molecule has 0 unspecified atom stereocenters. The first-order valence-electron chi connectivity index (χ1n) is 16.2. The number of pyridine rings is 1. The fraction of sp³-hybridized carbons (Fsp3) is 0. The third kappa shape index (κ3) is 3.42. The van der Waals surface area contributed by atoms with Gasteiger partial charge in [-0.05, 0) is 77.4 Å². The lowest BCUT2D eigenvalue weighted by molar-refractivity contribution is 1.09. The minimum Gasteiger partial charge on any atom is -0.308 e. The highest BCUT2D eigenvalue weighted by Crippen LogP contribution is 2.48. The van der Waals surface area contributed by atoms with Crippen molar-refractivity contribution in [1.29, 1.82) is 0 Å². The third-order valence-electron chi connectivity index (χ3n) is 9.91. The molecule has 0 saturated carbocycles. The Morgan fingerprint density at radius 2 is 1.10 bits per heavy atom. The van der Waals surface area contributed by atoms with Gasteiger partial charge < -0.3 is 4.57 Å². The summed E-state index contributed by atoms with van der Waals surface area (Å²) in [5.41, 5.74) is 14.1. The lowest BCUT2D eigenvalue weighted by Gasteiger charge is -2.12. The average molecular weight is 612 g/mol. The summed E-state index contributed by atoms with van der Waals surface area (Å²) < 4.78 is 4.65. The van der Waals surface area contributed by atoms with Crippen molar-refractivity contribution in [3.63, 3.8) is 0 Å². The van der Waals surface area contributed by atoms with Crippen LogP contribution in [0.2, 0.25) is 0 Å². The fourth-order valence-electron chi connectivity index (χ4n) is 7.86. The van der Waals surface area contributed by atoms with Crippen LogP contribution in [0, 0.1) is 0 Å². The van der Waals surface area contributed by atoms with Gasteiger partial charge in [0.05, 0.1) is 45.0 Å². The number of benzene rings is 6. The van der Waals surface area contributed by atoms with E-state index in [1.165, 1.54) is 43.8 Å². The van der Waals surface area contributed by atoms with Gasteiger partial charge in [-0.15, -0.1) is 0 Å². The molecule has 222 valence electrons. The quantitative estimate of drug-likeness (QED) is 0.195. The summed E-state index contributed by atoms with van der Waals surface area (Å²) in [6.07, 6.45) is 3.75. The van der Waals surface area contributed by atoms with Gasteiger partial charge in [0, 0.05) is 38.9 Å². The zero-order valence-electron chi connectivity index (χ0n) is 25.7. The molecule has 11 rings (SSSR count). The number of nitrogens with zero attached hydrogens (tertiary/aromatic N) is 5. The maximum atomic E-state index is 5.29. The molecular formula is C43H25N5. The molecule has 5 heterocycles. The van der Waals surface area contributed by atoms with Gasteiger partial charge in [-0.2, -0.15) is 0 Å². The van der Waals surface area contributed by atoms with E-state index in [9.17, 15) is 0 Å². The van der Waals surface area contributed by atoms with E-state index in [1.54, 1.807) is 0 Å². The Morgan fingerprint density at radius 1 is 0.438 bits per heavy atom. The molecule has 5 heteroatoms. The van der Waals surface area contributed by atoms with E-state index in [0.29, 0.717) is 0 Å². The molecule has 0 amide bonds. The number of fused-ring (bicyclic) bond motifs is 12. The molecule has 0 spiro atoms. The molecule has 0 atom stereocenters. The molecule has 10 aromatic rings. The van der Waals surface area contributed by atoms with Crippen LogP contribution in [0.15, 0.2) is 152 Å². The molecule has 0 bridgehead atoms. The fourth-order valence-corrected chi connectivity index (χ4v) is 7.86. The van der Waals surface area contributed by atoms with E-state index in [4.69, 9.17) is 9.97 Å². The number of rotatable bonds is 2. The highest BCUT2D eigenvalue weighted by atomic mass is 15.1. The predicted octanol–water partition coefficient (Wildman–Crippen LogP) is 10.5. The van der Waals surface area contributed by atoms with E-state index in [-0.39, 0.29) is 0 Å². The maximum absolute atomic E-state index is 5.29. The van der Waals surface area contributed by atoms with Crippen molar-refractivity contribution in [3.8, 4) is 45.0 Å². The van der Waals surface area contributed by atoms with Gasteiger partial charge in [0.25, 0.3) is 0 Å². The standard InChI is InChI=1S/C43H25N5/c1-2-14-32-29(11-1)34-23-27(26-19-20-40-33(22-26)30-12-3-7-17-38(30)47(40)28-10-9-21-44-25-28)24-35-31-13-4-8-18-39(31)48(42(34)35)43-41(32)45-36-15-5-6-16-37(36)46-43/h1-25H. The van der Waals surface area contributed by atoms with Gasteiger partial charge in [0.15, 0.2) is 5.82 Å². The van der Waals surface area contributed by atoms with Gasteiger partial charge in [-0.25, -0.2) is 9.97 Å². The molecule has 4 aromatic heterocycles. The largest absolute Gasteiger partial charge is 0.308 e. The maximum Gasteiger partial charge on any atom is 0.165 e. The van der Waals surface area contributed by atoms with Crippen molar-refractivity contribution in [2.75, 3.05) is 0 Å². The van der Waals surface area contributed by atoms with Crippen molar-refractivity contribution in [2.45, 2.75) is 0 Å².